The van der Waals surface area contributed by atoms with E-state index in [9.17, 15) is 55.9 Å². The third-order valence-electron chi connectivity index (χ3n) is 20.2. The first-order valence-electron chi connectivity index (χ1n) is 24.2. The minimum Gasteiger partial charge on any atom is -0.394 e. The Morgan fingerprint density at radius 1 is 0.615 bits per heavy atom. The number of carbonyl (C=O) groups is 1. The van der Waals surface area contributed by atoms with Crippen molar-refractivity contribution in [1.82, 2.24) is 0 Å². The predicted octanol–water partition coefficient (Wildman–Crippen LogP) is -0.357. The molecule has 4 heterocycles. The molecule has 4 aliphatic heterocycles. The van der Waals surface area contributed by atoms with Crippen LogP contribution < -0.4 is 0 Å². The molecule has 4 saturated heterocycles. The van der Waals surface area contributed by atoms with Crippen LogP contribution in [0.1, 0.15) is 106 Å². The maximum atomic E-state index is 12.5. The topological polar surface area (TPSA) is 284 Å². The van der Waals surface area contributed by atoms with Gasteiger partial charge in [0.15, 0.2) is 18.9 Å². The van der Waals surface area contributed by atoms with Crippen molar-refractivity contribution in [3.63, 3.8) is 0 Å². The van der Waals surface area contributed by atoms with E-state index in [-0.39, 0.29) is 40.1 Å². The van der Waals surface area contributed by atoms with Crippen molar-refractivity contribution in [3.05, 3.63) is 0 Å². The van der Waals surface area contributed by atoms with Gasteiger partial charge in [-0.05, 0) is 98.2 Å². The van der Waals surface area contributed by atoms with Crippen LogP contribution in [0.4, 0.5) is 0 Å². The maximum Gasteiger partial charge on any atom is 0.187 e. The Balaban J connectivity index is 0.963. The molecule has 9 fully saturated rings. The van der Waals surface area contributed by atoms with Gasteiger partial charge in [-0.15, -0.1) is 0 Å². The first kappa shape index (κ1) is 49.0. The largest absolute Gasteiger partial charge is 0.394 e. The van der Waals surface area contributed by atoms with Gasteiger partial charge in [0.25, 0.3) is 0 Å². The summed E-state index contributed by atoms with van der Waals surface area (Å²) < 4.78 is 43.7. The number of ether oxygens (including phenoxy) is 7. The zero-order valence-electron chi connectivity index (χ0n) is 38.7. The van der Waals surface area contributed by atoms with E-state index in [0.29, 0.717) is 25.4 Å². The summed E-state index contributed by atoms with van der Waals surface area (Å²) in [6.45, 7) is 12.5. The van der Waals surface area contributed by atoms with Crippen LogP contribution in [-0.2, 0) is 38.0 Å². The standard InChI is InChI=1S/C47H76O18/c1-41(2)25-7-11-44(5)26(8-12-47-27-15-42(3,20-50)13-14-46(27,21-60-47)28(51)16-45(44,47)6)43(25,4)10-9-29(41)64-40-37(65-39-36(58)34(56)31(53)23(18-49)62-39)32(54)24(19-59-40)63-38-35(57)33(55)30(52)22(17-48)61-38/h20,22-40,48-49,51-58H,7-19,21H2,1-6H3. The van der Waals surface area contributed by atoms with E-state index in [1.165, 1.54) is 0 Å². The maximum absolute atomic E-state index is 12.5. The Labute approximate surface area is 380 Å². The molecule has 5 aliphatic carbocycles. The summed E-state index contributed by atoms with van der Waals surface area (Å²) in [5.41, 5.74) is -2.30. The van der Waals surface area contributed by atoms with Crippen molar-refractivity contribution in [2.75, 3.05) is 26.4 Å². The summed E-state index contributed by atoms with van der Waals surface area (Å²) >= 11 is 0. The van der Waals surface area contributed by atoms with Crippen LogP contribution in [0.25, 0.3) is 0 Å². The van der Waals surface area contributed by atoms with Crippen LogP contribution in [0.2, 0.25) is 0 Å². The first-order chi connectivity index (χ1) is 30.5. The van der Waals surface area contributed by atoms with Crippen LogP contribution in [-0.4, -0.2) is 188 Å². The smallest absolute Gasteiger partial charge is 0.187 e. The van der Waals surface area contributed by atoms with E-state index in [1.54, 1.807) is 0 Å². The molecular weight excluding hydrogens is 852 g/mol. The molecule has 25 unspecified atom stereocenters. The molecule has 18 heteroatoms. The van der Waals surface area contributed by atoms with Crippen LogP contribution in [0.15, 0.2) is 0 Å². The number of aldehydes is 1. The third-order valence-corrected chi connectivity index (χ3v) is 20.2. The quantitative estimate of drug-likeness (QED) is 0.104. The zero-order chi connectivity index (χ0) is 47.0. The minimum atomic E-state index is -1.82. The van der Waals surface area contributed by atoms with Crippen molar-refractivity contribution in [1.29, 1.82) is 0 Å². The third kappa shape index (κ3) is 7.00. The molecule has 18 nitrogen and oxygen atoms in total. The predicted molar refractivity (Wildman–Crippen MR) is 224 cm³/mol. The van der Waals surface area contributed by atoms with Crippen LogP contribution >= 0.6 is 0 Å². The summed E-state index contributed by atoms with van der Waals surface area (Å²) in [5, 5.41) is 108. The average Bonchev–Trinajstić information content (AvgIpc) is 3.55. The SMILES string of the molecule is CC1(C=O)CCC23COC4(CCC5C6(C)CCC(OC7OCC(OC8OC(CO)C(O)C(O)C8O)C(O)C7OC7OC(CO)C(O)C(O)C7O)C(C)(C)C6CCC5(C)C4(C)CC2O)C3C1. The Bertz CT molecular complexity index is 1750. The van der Waals surface area contributed by atoms with E-state index in [0.717, 1.165) is 57.7 Å². The second kappa shape index (κ2) is 16.8. The van der Waals surface area contributed by atoms with Gasteiger partial charge in [0, 0.05) is 16.2 Å². The number of hydrogen-bond donors (Lipinski definition) is 10. The number of aliphatic hydroxyl groups is 10. The number of carbonyl (C=O) groups excluding carboxylic acids is 1. The first-order valence-corrected chi connectivity index (χ1v) is 24.2. The van der Waals surface area contributed by atoms with E-state index in [4.69, 9.17) is 33.2 Å². The van der Waals surface area contributed by atoms with E-state index in [2.05, 4.69) is 41.5 Å². The van der Waals surface area contributed by atoms with Gasteiger partial charge < -0.3 is 89.0 Å². The van der Waals surface area contributed by atoms with E-state index >= 15 is 0 Å². The average molecular weight is 929 g/mol. The van der Waals surface area contributed by atoms with Crippen molar-refractivity contribution >= 4 is 6.29 Å². The molecule has 5 saturated carbocycles. The highest BCUT2D eigenvalue weighted by Gasteiger charge is 2.80. The van der Waals surface area contributed by atoms with Gasteiger partial charge in [0.2, 0.25) is 0 Å². The van der Waals surface area contributed by atoms with Crippen molar-refractivity contribution in [2.45, 2.75) is 210 Å². The summed E-state index contributed by atoms with van der Waals surface area (Å²) in [4.78, 5) is 12.5. The summed E-state index contributed by atoms with van der Waals surface area (Å²) in [6, 6.07) is 0. The van der Waals surface area contributed by atoms with Crippen LogP contribution in [0, 0.1) is 50.2 Å². The highest BCUT2D eigenvalue weighted by molar-refractivity contribution is 5.59. The fourth-order valence-electron chi connectivity index (χ4n) is 16.2. The fraction of sp³-hybridized carbons (Fsp3) is 0.979. The molecule has 0 amide bonds. The van der Waals surface area contributed by atoms with Crippen LogP contribution in [0.3, 0.4) is 0 Å². The molecule has 65 heavy (non-hydrogen) atoms. The van der Waals surface area contributed by atoms with Gasteiger partial charge >= 0.3 is 0 Å². The number of aliphatic hydroxyl groups excluding tert-OH is 10. The van der Waals surface area contributed by atoms with Gasteiger partial charge in [0.05, 0.1) is 44.2 Å². The molecule has 9 rings (SSSR count). The lowest BCUT2D eigenvalue weighted by Crippen LogP contribution is -2.74. The zero-order valence-corrected chi connectivity index (χ0v) is 38.7. The Morgan fingerprint density at radius 2 is 1.23 bits per heavy atom. The van der Waals surface area contributed by atoms with Gasteiger partial charge in [-0.3, -0.25) is 0 Å². The van der Waals surface area contributed by atoms with Crippen molar-refractivity contribution < 1.29 is 89.0 Å². The van der Waals surface area contributed by atoms with Gasteiger partial charge in [-0.2, -0.15) is 0 Å². The monoisotopic (exact) mass is 929 g/mol. The van der Waals surface area contributed by atoms with Crippen molar-refractivity contribution in [3.8, 4) is 0 Å². The molecule has 25 atom stereocenters. The molecule has 1 spiro atoms. The molecule has 10 N–H and O–H groups in total. The molecule has 0 aromatic heterocycles. The Kier molecular flexibility index (Phi) is 12.7. The summed E-state index contributed by atoms with van der Waals surface area (Å²) in [7, 11) is 0. The van der Waals surface area contributed by atoms with Crippen molar-refractivity contribution in [2.24, 2.45) is 50.2 Å². The highest BCUT2D eigenvalue weighted by Crippen LogP contribution is 2.80. The number of hydrogen-bond acceptors (Lipinski definition) is 18. The summed E-state index contributed by atoms with van der Waals surface area (Å²) in [5.74, 6) is 0.572. The lowest BCUT2D eigenvalue weighted by molar-refractivity contribution is -0.383. The molecular formula is C47H76O18. The van der Waals surface area contributed by atoms with Crippen LogP contribution in [0.5, 0.6) is 0 Å². The Morgan fingerprint density at radius 3 is 1.85 bits per heavy atom. The van der Waals surface area contributed by atoms with E-state index < -0.39 is 128 Å². The minimum absolute atomic E-state index is 0.0998. The summed E-state index contributed by atoms with van der Waals surface area (Å²) in [6.07, 6.45) is -13.9. The number of rotatable bonds is 9. The molecule has 9 aliphatic rings. The molecule has 372 valence electrons. The molecule has 2 bridgehead atoms. The second-order valence-electron chi connectivity index (χ2n) is 23.4. The lowest BCUT2D eigenvalue weighted by Gasteiger charge is -2.75. The lowest BCUT2D eigenvalue weighted by atomic mass is 9.30. The normalized spacial score (nSPS) is 58.5. The van der Waals surface area contributed by atoms with Gasteiger partial charge in [0.1, 0.15) is 73.4 Å². The molecule has 0 aromatic carbocycles. The second-order valence-corrected chi connectivity index (χ2v) is 23.4. The molecule has 0 radical (unpaired) electrons. The van der Waals surface area contributed by atoms with Gasteiger partial charge in [-0.25, -0.2) is 0 Å². The number of fused-ring (bicyclic) bond motifs is 4. The highest BCUT2D eigenvalue weighted by atomic mass is 16.8. The Hall–Kier alpha value is -1.01. The van der Waals surface area contributed by atoms with Gasteiger partial charge in [-0.1, -0.05) is 41.5 Å². The van der Waals surface area contributed by atoms with E-state index in [1.807, 2.05) is 0 Å². The fourth-order valence-corrected chi connectivity index (χ4v) is 16.2. The molecule has 0 aromatic rings.